The van der Waals surface area contributed by atoms with Gasteiger partial charge in [0.25, 0.3) is 0 Å². The zero-order valence-corrected chi connectivity index (χ0v) is 39.1. The Morgan fingerprint density at radius 3 is 1.07 bits per heavy atom. The summed E-state index contributed by atoms with van der Waals surface area (Å²) in [6.45, 7) is 10.1. The number of benzene rings is 9. The van der Waals surface area contributed by atoms with Gasteiger partial charge in [0, 0.05) is 44.7 Å². The molecule has 0 radical (unpaired) electrons. The van der Waals surface area contributed by atoms with E-state index in [-0.39, 0.29) is 10.8 Å². The van der Waals surface area contributed by atoms with E-state index in [1.807, 2.05) is 0 Å². The summed E-state index contributed by atoms with van der Waals surface area (Å²) in [4.78, 5) is 5.07. The SMILES string of the molecule is CC1(C)c2ccccc2-c2ccc(N(c3ccccc3)c3c(-c4ccccc4)c(-c4ccccc4)c(N(c4ccccc4)c4ccc5c(c4)C(C)(C)c4ccccc4-5)n3Cc3ccccc3)cc21. The molecule has 12 rings (SSSR count). The third-order valence-corrected chi connectivity index (χ3v) is 14.6. The molecule has 9 aromatic carbocycles. The minimum Gasteiger partial charge on any atom is -0.308 e. The normalized spacial score (nSPS) is 13.6. The van der Waals surface area contributed by atoms with Crippen LogP contribution in [0.1, 0.15) is 55.5 Å². The number of rotatable bonds is 10. The lowest BCUT2D eigenvalue weighted by atomic mass is 9.82. The van der Waals surface area contributed by atoms with Crippen LogP contribution in [0.25, 0.3) is 44.5 Å². The first-order valence-corrected chi connectivity index (χ1v) is 23.9. The molecule has 0 aliphatic heterocycles. The molecule has 68 heavy (non-hydrogen) atoms. The van der Waals surface area contributed by atoms with E-state index in [0.29, 0.717) is 6.54 Å². The van der Waals surface area contributed by atoms with Crippen molar-refractivity contribution in [1.29, 1.82) is 0 Å². The Hall–Kier alpha value is -8.14. The Bertz CT molecular complexity index is 3250. The van der Waals surface area contributed by atoms with Crippen molar-refractivity contribution in [3.63, 3.8) is 0 Å². The van der Waals surface area contributed by atoms with Crippen molar-refractivity contribution in [2.45, 2.75) is 45.1 Å². The Morgan fingerprint density at radius 1 is 0.324 bits per heavy atom. The second kappa shape index (κ2) is 16.3. The van der Waals surface area contributed by atoms with Gasteiger partial charge < -0.3 is 4.57 Å². The maximum Gasteiger partial charge on any atom is 0.128 e. The van der Waals surface area contributed by atoms with E-state index in [1.165, 1.54) is 50.1 Å². The molecule has 2 aliphatic carbocycles. The van der Waals surface area contributed by atoms with Crippen molar-refractivity contribution in [3.8, 4) is 44.5 Å². The number of para-hydroxylation sites is 2. The van der Waals surface area contributed by atoms with Crippen LogP contribution in [0.5, 0.6) is 0 Å². The summed E-state index contributed by atoms with van der Waals surface area (Å²) < 4.78 is 2.61. The molecule has 1 aromatic heterocycles. The van der Waals surface area contributed by atoms with Gasteiger partial charge in [-0.15, -0.1) is 0 Å². The van der Waals surface area contributed by atoms with Gasteiger partial charge in [0.15, 0.2) is 0 Å². The molecular formula is C65H53N3. The van der Waals surface area contributed by atoms with Gasteiger partial charge in [-0.2, -0.15) is 0 Å². The number of hydrogen-bond acceptors (Lipinski definition) is 2. The van der Waals surface area contributed by atoms with Crippen molar-refractivity contribution in [2.24, 2.45) is 0 Å². The molecule has 0 N–H and O–H groups in total. The van der Waals surface area contributed by atoms with Crippen LogP contribution in [0.3, 0.4) is 0 Å². The molecule has 0 fully saturated rings. The van der Waals surface area contributed by atoms with Crippen molar-refractivity contribution in [1.82, 2.24) is 4.57 Å². The van der Waals surface area contributed by atoms with E-state index in [2.05, 4.69) is 279 Å². The van der Waals surface area contributed by atoms with Crippen LogP contribution in [0.2, 0.25) is 0 Å². The highest BCUT2D eigenvalue weighted by molar-refractivity contribution is 6.05. The second-order valence-corrected chi connectivity index (χ2v) is 19.3. The van der Waals surface area contributed by atoms with E-state index in [0.717, 1.165) is 56.6 Å². The van der Waals surface area contributed by atoms with Crippen LogP contribution >= 0.6 is 0 Å². The third-order valence-electron chi connectivity index (χ3n) is 14.6. The monoisotopic (exact) mass is 875 g/mol. The zero-order chi connectivity index (χ0) is 46.0. The first-order valence-electron chi connectivity index (χ1n) is 23.9. The Labute approximate surface area is 400 Å². The van der Waals surface area contributed by atoms with Crippen LogP contribution in [0.4, 0.5) is 34.4 Å². The minimum absolute atomic E-state index is 0.190. The molecule has 3 heteroatoms. The predicted molar refractivity (Wildman–Crippen MR) is 285 cm³/mol. The molecule has 3 nitrogen and oxygen atoms in total. The summed E-state index contributed by atoms with van der Waals surface area (Å²) in [5.74, 6) is 2.17. The van der Waals surface area contributed by atoms with Gasteiger partial charge in [-0.3, -0.25) is 9.80 Å². The molecule has 0 spiro atoms. The minimum atomic E-state index is -0.190. The van der Waals surface area contributed by atoms with Gasteiger partial charge in [0.05, 0.1) is 6.54 Å². The maximum absolute atomic E-state index is 2.61. The van der Waals surface area contributed by atoms with Gasteiger partial charge in [0.2, 0.25) is 0 Å². The van der Waals surface area contributed by atoms with Crippen molar-refractivity contribution in [3.05, 3.63) is 264 Å². The summed E-state index contributed by atoms with van der Waals surface area (Å²) in [6.07, 6.45) is 0. The van der Waals surface area contributed by atoms with Gasteiger partial charge in [-0.05, 0) is 110 Å². The van der Waals surface area contributed by atoms with E-state index >= 15 is 0 Å². The van der Waals surface area contributed by atoms with E-state index in [9.17, 15) is 0 Å². The summed E-state index contributed by atoms with van der Waals surface area (Å²) in [7, 11) is 0. The van der Waals surface area contributed by atoms with Crippen molar-refractivity contribution >= 4 is 34.4 Å². The van der Waals surface area contributed by atoms with E-state index in [1.54, 1.807) is 0 Å². The first kappa shape index (κ1) is 41.3. The maximum atomic E-state index is 2.61. The fraction of sp³-hybridized carbons (Fsp3) is 0.108. The molecular weight excluding hydrogens is 823 g/mol. The highest BCUT2D eigenvalue weighted by Crippen LogP contribution is 2.58. The molecule has 0 bridgehead atoms. The summed E-state index contributed by atoms with van der Waals surface area (Å²) in [5.41, 5.74) is 20.4. The van der Waals surface area contributed by atoms with Gasteiger partial charge >= 0.3 is 0 Å². The van der Waals surface area contributed by atoms with E-state index < -0.39 is 0 Å². The fourth-order valence-electron chi connectivity index (χ4n) is 11.3. The standard InChI is InChI=1S/C65H53N3/c1-64(2)56-36-22-20-34-52(56)54-40-38-50(42-58(54)64)67(48-30-16-8-17-31-48)62-60(46-26-12-6-13-27-46)61(47-28-14-7-15-29-47)63(66(62)44-45-24-10-5-11-25-45)68(49-32-18-9-19-33-49)51-39-41-55-53-35-21-23-37-57(53)65(3,4)59(55)43-51/h5-43H,44H2,1-4H3. The molecule has 10 aromatic rings. The average molecular weight is 876 g/mol. The van der Waals surface area contributed by atoms with Crippen LogP contribution in [-0.4, -0.2) is 4.57 Å². The zero-order valence-electron chi connectivity index (χ0n) is 39.1. The topological polar surface area (TPSA) is 11.4 Å². The number of nitrogens with zero attached hydrogens (tertiary/aromatic N) is 3. The van der Waals surface area contributed by atoms with Crippen LogP contribution in [0, 0.1) is 0 Å². The number of hydrogen-bond donors (Lipinski definition) is 0. The Morgan fingerprint density at radius 2 is 0.662 bits per heavy atom. The molecule has 328 valence electrons. The van der Waals surface area contributed by atoms with Gasteiger partial charge in [0.1, 0.15) is 11.6 Å². The lowest BCUT2D eigenvalue weighted by Gasteiger charge is -2.32. The van der Waals surface area contributed by atoms with Crippen LogP contribution in [0.15, 0.2) is 237 Å². The average Bonchev–Trinajstić information content (AvgIpc) is 3.92. The highest BCUT2D eigenvalue weighted by atomic mass is 15.3. The third kappa shape index (κ3) is 6.64. The molecule has 1 heterocycles. The number of fused-ring (bicyclic) bond motifs is 6. The summed E-state index contributed by atoms with van der Waals surface area (Å²) in [6, 6.07) is 87.3. The van der Waals surface area contributed by atoms with Crippen molar-refractivity contribution in [2.75, 3.05) is 9.80 Å². The first-order chi connectivity index (χ1) is 33.3. The number of aromatic nitrogens is 1. The second-order valence-electron chi connectivity index (χ2n) is 19.3. The van der Waals surface area contributed by atoms with Crippen molar-refractivity contribution < 1.29 is 0 Å². The lowest BCUT2D eigenvalue weighted by Crippen LogP contribution is -2.21. The van der Waals surface area contributed by atoms with Gasteiger partial charge in [-0.25, -0.2) is 0 Å². The Kier molecular flexibility index (Phi) is 9.92. The lowest BCUT2D eigenvalue weighted by molar-refractivity contribution is 0.660. The molecule has 0 unspecified atom stereocenters. The van der Waals surface area contributed by atoms with Crippen LogP contribution in [-0.2, 0) is 17.4 Å². The Balaban J connectivity index is 1.23. The summed E-state index contributed by atoms with van der Waals surface area (Å²) >= 11 is 0. The van der Waals surface area contributed by atoms with Crippen LogP contribution < -0.4 is 9.80 Å². The molecule has 2 aliphatic rings. The highest BCUT2D eigenvalue weighted by Gasteiger charge is 2.40. The largest absolute Gasteiger partial charge is 0.308 e. The molecule has 0 amide bonds. The number of anilines is 6. The molecule has 0 atom stereocenters. The fourth-order valence-corrected chi connectivity index (χ4v) is 11.3. The molecule has 0 saturated carbocycles. The van der Waals surface area contributed by atoms with Gasteiger partial charge in [-0.1, -0.05) is 216 Å². The predicted octanol–water partition coefficient (Wildman–Crippen LogP) is 17.4. The quantitative estimate of drug-likeness (QED) is 0.136. The summed E-state index contributed by atoms with van der Waals surface area (Å²) in [5, 5.41) is 0. The molecule has 0 saturated heterocycles. The smallest absolute Gasteiger partial charge is 0.128 e. The van der Waals surface area contributed by atoms with E-state index in [4.69, 9.17) is 0 Å².